The van der Waals surface area contributed by atoms with Crippen LogP contribution in [0.25, 0.3) is 11.1 Å². The van der Waals surface area contributed by atoms with Crippen molar-refractivity contribution in [1.29, 1.82) is 0 Å². The van der Waals surface area contributed by atoms with Crippen LogP contribution in [0.3, 0.4) is 0 Å². The van der Waals surface area contributed by atoms with E-state index in [1.54, 1.807) is 24.3 Å². The van der Waals surface area contributed by atoms with Gasteiger partial charge in [0.2, 0.25) is 0 Å². The van der Waals surface area contributed by atoms with Gasteiger partial charge in [-0.05, 0) is 29.3 Å². The lowest BCUT2D eigenvalue weighted by molar-refractivity contribution is -0.384. The van der Waals surface area contributed by atoms with Gasteiger partial charge >= 0.3 is 0 Å². The van der Waals surface area contributed by atoms with E-state index in [2.05, 4.69) is 12.6 Å². The minimum atomic E-state index is -0.475. The second-order valence-corrected chi connectivity index (χ2v) is 3.89. The van der Waals surface area contributed by atoms with Crippen LogP contribution in [0.15, 0.2) is 47.4 Å². The second kappa shape index (κ2) is 4.55. The zero-order chi connectivity index (χ0) is 12.4. The zero-order valence-corrected chi connectivity index (χ0v) is 9.52. The van der Waals surface area contributed by atoms with Gasteiger partial charge in [-0.15, -0.1) is 12.6 Å². The first-order valence-corrected chi connectivity index (χ1v) is 5.26. The van der Waals surface area contributed by atoms with Gasteiger partial charge in [0.25, 0.3) is 5.69 Å². The maximum absolute atomic E-state index is 13.3. The molecule has 0 bridgehead atoms. The first-order valence-electron chi connectivity index (χ1n) is 4.82. The van der Waals surface area contributed by atoms with Gasteiger partial charge in [-0.3, -0.25) is 10.1 Å². The molecule has 2 aromatic carbocycles. The Bertz CT molecular complexity index is 569. The molecule has 5 heteroatoms. The maximum Gasteiger partial charge on any atom is 0.269 e. The Morgan fingerprint density at radius 2 is 1.76 bits per heavy atom. The van der Waals surface area contributed by atoms with Crippen LogP contribution in [-0.4, -0.2) is 4.92 Å². The number of thiol groups is 1. The highest BCUT2D eigenvalue weighted by Gasteiger charge is 2.09. The number of hydrogen-bond donors (Lipinski definition) is 1. The van der Waals surface area contributed by atoms with Crippen molar-refractivity contribution < 1.29 is 9.31 Å². The second-order valence-electron chi connectivity index (χ2n) is 3.44. The largest absolute Gasteiger partial charge is 0.269 e. The number of nitro benzene ring substituents is 1. The van der Waals surface area contributed by atoms with Crippen molar-refractivity contribution >= 4 is 18.3 Å². The smallest absolute Gasteiger partial charge is 0.258 e. The molecular formula is C12H8FNO2S. The summed E-state index contributed by atoms with van der Waals surface area (Å²) in [6.07, 6.45) is 0. The third-order valence-electron chi connectivity index (χ3n) is 2.38. The third-order valence-corrected chi connectivity index (χ3v) is 2.83. The Morgan fingerprint density at radius 3 is 2.35 bits per heavy atom. The maximum atomic E-state index is 13.3. The fraction of sp³-hybridized carbons (Fsp3) is 0. The normalized spacial score (nSPS) is 10.2. The van der Waals surface area contributed by atoms with Crippen molar-refractivity contribution in [2.24, 2.45) is 0 Å². The molecule has 0 saturated carbocycles. The number of nitrogens with zero attached hydrogens (tertiary/aromatic N) is 1. The van der Waals surface area contributed by atoms with Gasteiger partial charge in [0.05, 0.1) is 4.92 Å². The molecule has 0 aliphatic carbocycles. The quantitative estimate of drug-likeness (QED) is 0.501. The fourth-order valence-corrected chi connectivity index (χ4v) is 1.79. The highest BCUT2D eigenvalue weighted by Crippen LogP contribution is 2.29. The number of rotatable bonds is 2. The van der Waals surface area contributed by atoms with Gasteiger partial charge in [0, 0.05) is 17.0 Å². The number of halogens is 1. The molecule has 3 nitrogen and oxygen atoms in total. The number of nitro groups is 1. The Morgan fingerprint density at radius 1 is 1.12 bits per heavy atom. The summed E-state index contributed by atoms with van der Waals surface area (Å²) in [5, 5.41) is 10.5. The third kappa shape index (κ3) is 2.29. The summed E-state index contributed by atoms with van der Waals surface area (Å²) < 4.78 is 13.3. The van der Waals surface area contributed by atoms with E-state index in [0.717, 1.165) is 0 Å². The van der Waals surface area contributed by atoms with E-state index in [4.69, 9.17) is 0 Å². The van der Waals surface area contributed by atoms with Gasteiger partial charge in [-0.25, -0.2) is 4.39 Å². The molecule has 0 aliphatic rings. The Kier molecular flexibility index (Phi) is 3.10. The van der Waals surface area contributed by atoms with Crippen LogP contribution in [0, 0.1) is 15.9 Å². The first-order chi connectivity index (χ1) is 8.09. The van der Waals surface area contributed by atoms with Gasteiger partial charge < -0.3 is 0 Å². The highest BCUT2D eigenvalue weighted by molar-refractivity contribution is 7.80. The average Bonchev–Trinajstić information content (AvgIpc) is 2.33. The van der Waals surface area contributed by atoms with Crippen molar-refractivity contribution in [3.8, 4) is 11.1 Å². The van der Waals surface area contributed by atoms with E-state index < -0.39 is 10.7 Å². The van der Waals surface area contributed by atoms with Crippen molar-refractivity contribution in [2.45, 2.75) is 4.90 Å². The van der Waals surface area contributed by atoms with Crippen LogP contribution in [0.2, 0.25) is 0 Å². The number of non-ortho nitro benzene ring substituents is 1. The van der Waals surface area contributed by atoms with E-state index in [9.17, 15) is 14.5 Å². The molecule has 0 saturated heterocycles. The van der Waals surface area contributed by atoms with Crippen molar-refractivity contribution in [2.75, 3.05) is 0 Å². The van der Waals surface area contributed by atoms with Crippen LogP contribution in [0.1, 0.15) is 0 Å². The molecule has 2 rings (SSSR count). The molecule has 0 N–H and O–H groups in total. The molecular weight excluding hydrogens is 241 g/mol. The summed E-state index contributed by atoms with van der Waals surface area (Å²) in [5.74, 6) is -0.413. The fourth-order valence-electron chi connectivity index (χ4n) is 1.51. The predicted molar refractivity (Wildman–Crippen MR) is 65.7 cm³/mol. The molecule has 0 aliphatic heterocycles. The lowest BCUT2D eigenvalue weighted by Gasteiger charge is -2.05. The van der Waals surface area contributed by atoms with Crippen LogP contribution >= 0.6 is 12.6 Å². The molecule has 0 radical (unpaired) electrons. The van der Waals surface area contributed by atoms with Gasteiger partial charge in [0.1, 0.15) is 5.82 Å². The van der Waals surface area contributed by atoms with Crippen molar-refractivity contribution in [3.63, 3.8) is 0 Å². The standard InChI is InChI=1S/C12H8FNO2S/c13-11-3-1-2-10(12(11)17)8-4-6-9(7-5-8)14(15)16/h1-7,17H. The molecule has 0 unspecified atom stereocenters. The van der Waals surface area contributed by atoms with E-state index >= 15 is 0 Å². The minimum absolute atomic E-state index is 0.00543. The van der Waals surface area contributed by atoms with Gasteiger partial charge in [-0.2, -0.15) is 0 Å². The van der Waals surface area contributed by atoms with Crippen LogP contribution in [0.4, 0.5) is 10.1 Å². The van der Waals surface area contributed by atoms with E-state index in [1.165, 1.54) is 18.2 Å². The van der Waals surface area contributed by atoms with Crippen LogP contribution in [0.5, 0.6) is 0 Å². The molecule has 0 atom stereocenters. The van der Waals surface area contributed by atoms with Crippen molar-refractivity contribution in [1.82, 2.24) is 0 Å². The molecule has 2 aromatic rings. The SMILES string of the molecule is O=[N+]([O-])c1ccc(-c2cccc(F)c2S)cc1. The molecule has 0 amide bonds. The minimum Gasteiger partial charge on any atom is -0.258 e. The summed E-state index contributed by atoms with van der Waals surface area (Å²) in [6.45, 7) is 0. The first kappa shape index (κ1) is 11.6. The molecule has 0 spiro atoms. The molecule has 0 heterocycles. The van der Waals surface area contributed by atoms with Crippen molar-refractivity contribution in [3.05, 3.63) is 58.4 Å². The Labute approximate surface area is 102 Å². The highest BCUT2D eigenvalue weighted by atomic mass is 32.1. The summed E-state index contributed by atoms with van der Waals surface area (Å²) in [5.41, 5.74) is 1.31. The predicted octanol–water partition coefficient (Wildman–Crippen LogP) is 3.69. The summed E-state index contributed by atoms with van der Waals surface area (Å²) in [7, 11) is 0. The monoisotopic (exact) mass is 249 g/mol. The Hall–Kier alpha value is -1.88. The van der Waals surface area contributed by atoms with E-state index in [-0.39, 0.29) is 10.6 Å². The van der Waals surface area contributed by atoms with Crippen LogP contribution < -0.4 is 0 Å². The van der Waals surface area contributed by atoms with Crippen LogP contribution in [-0.2, 0) is 0 Å². The number of hydrogen-bond acceptors (Lipinski definition) is 3. The Balaban J connectivity index is 2.47. The average molecular weight is 249 g/mol. The molecule has 0 aromatic heterocycles. The molecule has 17 heavy (non-hydrogen) atoms. The number of benzene rings is 2. The van der Waals surface area contributed by atoms with E-state index in [1.807, 2.05) is 0 Å². The molecule has 0 fully saturated rings. The summed E-state index contributed by atoms with van der Waals surface area (Å²) >= 11 is 4.08. The summed E-state index contributed by atoms with van der Waals surface area (Å²) in [4.78, 5) is 10.3. The topological polar surface area (TPSA) is 43.1 Å². The lowest BCUT2D eigenvalue weighted by Crippen LogP contribution is -1.88. The lowest BCUT2D eigenvalue weighted by atomic mass is 10.1. The van der Waals surface area contributed by atoms with E-state index in [0.29, 0.717) is 11.1 Å². The van der Waals surface area contributed by atoms with Gasteiger partial charge in [0.15, 0.2) is 0 Å². The molecule has 86 valence electrons. The van der Waals surface area contributed by atoms with Gasteiger partial charge in [-0.1, -0.05) is 12.1 Å². The zero-order valence-electron chi connectivity index (χ0n) is 8.63. The summed E-state index contributed by atoms with van der Waals surface area (Å²) in [6, 6.07) is 10.5.